The Kier molecular flexibility index (Phi) is 5.90. The van der Waals surface area contributed by atoms with Crippen LogP contribution in [-0.4, -0.2) is 24.6 Å². The summed E-state index contributed by atoms with van der Waals surface area (Å²) in [6.45, 7) is 4.50. The molecule has 0 radical (unpaired) electrons. The maximum Gasteiger partial charge on any atom is 0.222 e. The summed E-state index contributed by atoms with van der Waals surface area (Å²) in [6, 6.07) is 2.02. The Bertz CT molecular complexity index is 559. The summed E-state index contributed by atoms with van der Waals surface area (Å²) in [5, 5.41) is 8.22. The van der Waals surface area contributed by atoms with Crippen LogP contribution in [0.3, 0.4) is 0 Å². The molecule has 114 valence electrons. The van der Waals surface area contributed by atoms with E-state index in [1.165, 1.54) is 10.4 Å². The lowest BCUT2D eigenvalue weighted by atomic mass is 10.1. The molecule has 4 nitrogen and oxygen atoms in total. The van der Waals surface area contributed by atoms with E-state index in [1.54, 1.807) is 29.8 Å². The summed E-state index contributed by atoms with van der Waals surface area (Å²) in [4.78, 5) is 17.8. The number of nitrogens with one attached hydrogen (secondary N) is 1. The largest absolute Gasteiger partial charge is 0.384 e. The average Bonchev–Trinajstić information content (AvgIpc) is 3.07. The van der Waals surface area contributed by atoms with Crippen LogP contribution in [0.15, 0.2) is 16.8 Å². The third kappa shape index (κ3) is 4.62. The van der Waals surface area contributed by atoms with Gasteiger partial charge in [0.05, 0.1) is 18.3 Å². The summed E-state index contributed by atoms with van der Waals surface area (Å²) in [6.07, 6.45) is 1.15. The molecule has 0 spiro atoms. The Morgan fingerprint density at radius 2 is 2.29 bits per heavy atom. The third-order valence-corrected chi connectivity index (χ3v) is 5.15. The molecule has 0 saturated heterocycles. The fraction of sp³-hybridized carbons (Fsp3) is 0.467. The highest BCUT2D eigenvalue weighted by atomic mass is 32.1. The van der Waals surface area contributed by atoms with Crippen LogP contribution in [-0.2, 0) is 16.0 Å². The maximum absolute atomic E-state index is 12.0. The number of aryl methyl sites for hydroxylation is 2. The molecule has 0 aliphatic carbocycles. The normalized spacial score (nSPS) is 12.3. The Hall–Kier alpha value is -1.24. The fourth-order valence-corrected chi connectivity index (χ4v) is 3.61. The number of carbonyl (C=O) groups is 1. The van der Waals surface area contributed by atoms with Gasteiger partial charge in [0.2, 0.25) is 5.91 Å². The summed E-state index contributed by atoms with van der Waals surface area (Å²) in [5.41, 5.74) is 2.26. The van der Waals surface area contributed by atoms with E-state index in [0.29, 0.717) is 13.0 Å². The Labute approximate surface area is 133 Å². The quantitative estimate of drug-likeness (QED) is 0.850. The molecular weight excluding hydrogens is 304 g/mol. The topological polar surface area (TPSA) is 51.2 Å². The summed E-state index contributed by atoms with van der Waals surface area (Å²) >= 11 is 3.32. The zero-order chi connectivity index (χ0) is 15.2. The second-order valence-electron chi connectivity index (χ2n) is 4.89. The standard InChI is InChI=1S/C15H20N2O2S2/c1-10-11(2)21-15(16-10)13(8-12-5-7-20-9-12)17-14(18)4-6-19-3/h5,7,9,13H,4,6,8H2,1-3H3,(H,17,18). The van der Waals surface area contributed by atoms with Gasteiger partial charge in [-0.3, -0.25) is 4.79 Å². The summed E-state index contributed by atoms with van der Waals surface area (Å²) in [5.74, 6) is 0.00239. The van der Waals surface area contributed by atoms with Gasteiger partial charge in [-0.25, -0.2) is 4.98 Å². The number of carbonyl (C=O) groups excluding carboxylic acids is 1. The molecule has 0 aliphatic heterocycles. The molecule has 0 aliphatic rings. The van der Waals surface area contributed by atoms with Crippen LogP contribution in [0.25, 0.3) is 0 Å². The maximum atomic E-state index is 12.0. The lowest BCUT2D eigenvalue weighted by Gasteiger charge is -2.16. The van der Waals surface area contributed by atoms with Crippen molar-refractivity contribution in [2.75, 3.05) is 13.7 Å². The fourth-order valence-electron chi connectivity index (χ4n) is 1.95. The molecule has 0 fully saturated rings. The van der Waals surface area contributed by atoms with Crippen LogP contribution < -0.4 is 5.32 Å². The van der Waals surface area contributed by atoms with E-state index in [4.69, 9.17) is 4.74 Å². The van der Waals surface area contributed by atoms with Crippen molar-refractivity contribution < 1.29 is 9.53 Å². The summed E-state index contributed by atoms with van der Waals surface area (Å²) < 4.78 is 4.96. The number of hydrogen-bond donors (Lipinski definition) is 1. The molecule has 1 atom stereocenters. The molecule has 2 aromatic heterocycles. The van der Waals surface area contributed by atoms with E-state index in [-0.39, 0.29) is 11.9 Å². The molecule has 0 bridgehead atoms. The third-order valence-electron chi connectivity index (χ3n) is 3.23. The van der Waals surface area contributed by atoms with Crippen molar-refractivity contribution in [2.24, 2.45) is 0 Å². The van der Waals surface area contributed by atoms with Gasteiger partial charge in [0.15, 0.2) is 0 Å². The van der Waals surface area contributed by atoms with E-state index in [2.05, 4.69) is 34.1 Å². The molecule has 1 N–H and O–H groups in total. The van der Waals surface area contributed by atoms with E-state index >= 15 is 0 Å². The average molecular weight is 324 g/mol. The smallest absolute Gasteiger partial charge is 0.222 e. The highest BCUT2D eigenvalue weighted by molar-refractivity contribution is 7.11. The van der Waals surface area contributed by atoms with Crippen LogP contribution in [0.4, 0.5) is 0 Å². The number of rotatable bonds is 7. The SMILES string of the molecule is COCCC(=O)NC(Cc1ccsc1)c1nc(C)c(C)s1. The van der Waals surface area contributed by atoms with Crippen LogP contribution in [0.1, 0.15) is 33.6 Å². The number of amides is 1. The molecule has 0 aromatic carbocycles. The second kappa shape index (κ2) is 7.68. The van der Waals surface area contributed by atoms with Crippen molar-refractivity contribution in [1.82, 2.24) is 10.3 Å². The summed E-state index contributed by atoms with van der Waals surface area (Å²) in [7, 11) is 1.60. The molecule has 2 heterocycles. The van der Waals surface area contributed by atoms with Crippen LogP contribution in [0, 0.1) is 13.8 Å². The van der Waals surface area contributed by atoms with Crippen LogP contribution in [0.2, 0.25) is 0 Å². The van der Waals surface area contributed by atoms with Gasteiger partial charge >= 0.3 is 0 Å². The number of ether oxygens (including phenoxy) is 1. The van der Waals surface area contributed by atoms with Gasteiger partial charge in [-0.2, -0.15) is 11.3 Å². The van der Waals surface area contributed by atoms with Gasteiger partial charge in [-0.05, 0) is 36.2 Å². The van der Waals surface area contributed by atoms with E-state index in [9.17, 15) is 4.79 Å². The first-order chi connectivity index (χ1) is 10.1. The van der Waals surface area contributed by atoms with E-state index in [1.807, 2.05) is 6.92 Å². The van der Waals surface area contributed by atoms with Crippen molar-refractivity contribution in [3.05, 3.63) is 38.0 Å². The van der Waals surface area contributed by atoms with Gasteiger partial charge in [0, 0.05) is 24.8 Å². The van der Waals surface area contributed by atoms with Crippen molar-refractivity contribution in [3.8, 4) is 0 Å². The lowest BCUT2D eigenvalue weighted by molar-refractivity contribution is -0.122. The van der Waals surface area contributed by atoms with E-state index < -0.39 is 0 Å². The number of hydrogen-bond acceptors (Lipinski definition) is 5. The predicted octanol–water partition coefficient (Wildman–Crippen LogP) is 3.26. The minimum atomic E-state index is -0.0682. The Balaban J connectivity index is 2.11. The predicted molar refractivity (Wildman–Crippen MR) is 87.0 cm³/mol. The van der Waals surface area contributed by atoms with Gasteiger partial charge in [0.25, 0.3) is 0 Å². The van der Waals surface area contributed by atoms with Gasteiger partial charge in [-0.15, -0.1) is 11.3 Å². The molecular formula is C15H20N2O2S2. The van der Waals surface area contributed by atoms with Crippen LogP contribution in [0.5, 0.6) is 0 Å². The number of methoxy groups -OCH3 is 1. The first-order valence-corrected chi connectivity index (χ1v) is 8.59. The van der Waals surface area contributed by atoms with Gasteiger partial charge in [-0.1, -0.05) is 0 Å². The van der Waals surface area contributed by atoms with E-state index in [0.717, 1.165) is 17.1 Å². The Morgan fingerprint density at radius 3 is 2.86 bits per heavy atom. The molecule has 2 rings (SSSR count). The monoisotopic (exact) mass is 324 g/mol. The first kappa shape index (κ1) is 16.1. The van der Waals surface area contributed by atoms with Crippen molar-refractivity contribution in [3.63, 3.8) is 0 Å². The number of aromatic nitrogens is 1. The number of thiazole rings is 1. The minimum absolute atomic E-state index is 0.00239. The number of nitrogens with zero attached hydrogens (tertiary/aromatic N) is 1. The molecule has 1 amide bonds. The minimum Gasteiger partial charge on any atom is -0.384 e. The van der Waals surface area contributed by atoms with Crippen molar-refractivity contribution in [1.29, 1.82) is 0 Å². The van der Waals surface area contributed by atoms with Gasteiger partial charge < -0.3 is 10.1 Å². The second-order valence-corrected chi connectivity index (χ2v) is 6.91. The zero-order valence-electron chi connectivity index (χ0n) is 12.5. The molecule has 6 heteroatoms. The Morgan fingerprint density at radius 1 is 1.48 bits per heavy atom. The van der Waals surface area contributed by atoms with Gasteiger partial charge in [0.1, 0.15) is 5.01 Å². The highest BCUT2D eigenvalue weighted by Gasteiger charge is 2.19. The molecule has 2 aromatic rings. The lowest BCUT2D eigenvalue weighted by Crippen LogP contribution is -2.30. The molecule has 1 unspecified atom stereocenters. The number of thiophene rings is 1. The van der Waals surface area contributed by atoms with Crippen molar-refractivity contribution in [2.45, 2.75) is 32.7 Å². The van der Waals surface area contributed by atoms with Crippen molar-refractivity contribution >= 4 is 28.6 Å². The highest BCUT2D eigenvalue weighted by Crippen LogP contribution is 2.26. The molecule has 0 saturated carbocycles. The zero-order valence-corrected chi connectivity index (χ0v) is 14.1. The van der Waals surface area contributed by atoms with Crippen LogP contribution >= 0.6 is 22.7 Å². The first-order valence-electron chi connectivity index (χ1n) is 6.83. The molecule has 21 heavy (non-hydrogen) atoms.